The van der Waals surface area contributed by atoms with Crippen LogP contribution in [0.25, 0.3) is 0 Å². The number of aryl methyl sites for hydroxylation is 2. The summed E-state index contributed by atoms with van der Waals surface area (Å²) in [7, 11) is 0. The molecule has 2 aromatic rings. The molecule has 2 aromatic carbocycles. The predicted molar refractivity (Wildman–Crippen MR) is 89.9 cm³/mol. The first-order valence-electron chi connectivity index (χ1n) is 7.72. The number of rotatable bonds is 5. The largest absolute Gasteiger partial charge is 0.492 e. The maximum absolute atomic E-state index is 12.4. The van der Waals surface area contributed by atoms with Crippen LogP contribution in [-0.4, -0.2) is 34.8 Å². The molecule has 0 spiro atoms. The quantitative estimate of drug-likeness (QED) is 0.474. The summed E-state index contributed by atoms with van der Waals surface area (Å²) in [5.74, 6) is -0.323. The number of ether oxygens (including phenoxy) is 1. The van der Waals surface area contributed by atoms with Gasteiger partial charge in [0, 0.05) is 12.1 Å². The van der Waals surface area contributed by atoms with Crippen molar-refractivity contribution in [3.63, 3.8) is 0 Å². The summed E-state index contributed by atoms with van der Waals surface area (Å²) in [6.45, 7) is 4.14. The van der Waals surface area contributed by atoms with E-state index in [-0.39, 0.29) is 30.0 Å². The summed E-state index contributed by atoms with van der Waals surface area (Å²) in [5, 5.41) is 10.8. The van der Waals surface area contributed by atoms with Gasteiger partial charge in [-0.2, -0.15) is 0 Å². The van der Waals surface area contributed by atoms with E-state index in [1.807, 2.05) is 32.0 Å². The van der Waals surface area contributed by atoms with E-state index in [2.05, 4.69) is 0 Å². The molecule has 0 aromatic heterocycles. The molecule has 2 amide bonds. The lowest BCUT2D eigenvalue weighted by Gasteiger charge is -2.15. The molecule has 0 fully saturated rings. The Labute approximate surface area is 144 Å². The van der Waals surface area contributed by atoms with Gasteiger partial charge in [-0.3, -0.25) is 24.6 Å². The van der Waals surface area contributed by atoms with E-state index in [1.165, 1.54) is 12.1 Å². The van der Waals surface area contributed by atoms with Gasteiger partial charge in [-0.25, -0.2) is 0 Å². The van der Waals surface area contributed by atoms with E-state index in [4.69, 9.17) is 4.74 Å². The number of fused-ring (bicyclic) bond motifs is 1. The van der Waals surface area contributed by atoms with Gasteiger partial charge in [0.15, 0.2) is 0 Å². The monoisotopic (exact) mass is 340 g/mol. The Morgan fingerprint density at radius 2 is 1.64 bits per heavy atom. The lowest BCUT2D eigenvalue weighted by molar-refractivity contribution is -0.384. The van der Waals surface area contributed by atoms with Crippen LogP contribution >= 0.6 is 0 Å². The number of hydrogen-bond acceptors (Lipinski definition) is 5. The first-order valence-corrected chi connectivity index (χ1v) is 7.72. The maximum Gasteiger partial charge on any atom is 0.270 e. The molecule has 0 saturated heterocycles. The summed E-state index contributed by atoms with van der Waals surface area (Å²) in [4.78, 5) is 36.0. The van der Waals surface area contributed by atoms with E-state index in [0.717, 1.165) is 22.1 Å². The molecule has 0 aliphatic carbocycles. The Morgan fingerprint density at radius 3 is 2.28 bits per heavy atom. The van der Waals surface area contributed by atoms with Crippen LogP contribution in [0, 0.1) is 24.0 Å². The molecule has 7 heteroatoms. The number of benzene rings is 2. The lowest BCUT2D eigenvalue weighted by Crippen LogP contribution is -2.33. The normalized spacial score (nSPS) is 13.1. The Hall–Kier alpha value is -3.22. The SMILES string of the molecule is Cc1cc(C)cc(OCCN2C(=O)c3ccc([N+](=O)[O-])cc3C2=O)c1. The van der Waals surface area contributed by atoms with Gasteiger partial charge in [-0.05, 0) is 43.2 Å². The van der Waals surface area contributed by atoms with Crippen LogP contribution in [0.5, 0.6) is 5.75 Å². The van der Waals surface area contributed by atoms with Crippen molar-refractivity contribution in [3.05, 3.63) is 68.8 Å². The predicted octanol–water partition coefficient (Wildman–Crippen LogP) is 2.89. The van der Waals surface area contributed by atoms with Gasteiger partial charge in [0.1, 0.15) is 12.4 Å². The zero-order valence-electron chi connectivity index (χ0n) is 13.8. The molecule has 25 heavy (non-hydrogen) atoms. The van der Waals surface area contributed by atoms with Gasteiger partial charge in [0.2, 0.25) is 0 Å². The van der Waals surface area contributed by atoms with Crippen molar-refractivity contribution < 1.29 is 19.2 Å². The molecule has 0 N–H and O–H groups in total. The number of imide groups is 1. The first-order chi connectivity index (χ1) is 11.9. The van der Waals surface area contributed by atoms with E-state index < -0.39 is 16.7 Å². The Morgan fingerprint density at radius 1 is 1.00 bits per heavy atom. The standard InChI is InChI=1S/C18H16N2O5/c1-11-7-12(2)9-14(8-11)25-6-5-19-17(21)15-4-3-13(20(23)24)10-16(15)18(19)22/h3-4,7-10H,5-6H2,1-2H3. The molecule has 7 nitrogen and oxygen atoms in total. The molecule has 0 unspecified atom stereocenters. The summed E-state index contributed by atoms with van der Waals surface area (Å²) in [6.07, 6.45) is 0. The minimum absolute atomic E-state index is 0.0607. The molecule has 0 radical (unpaired) electrons. The second kappa shape index (κ2) is 6.35. The number of nitro benzene ring substituents is 1. The van der Waals surface area contributed by atoms with Gasteiger partial charge in [-0.1, -0.05) is 6.07 Å². The smallest absolute Gasteiger partial charge is 0.270 e. The van der Waals surface area contributed by atoms with Crippen molar-refractivity contribution in [1.82, 2.24) is 4.90 Å². The average Bonchev–Trinajstić information content (AvgIpc) is 2.78. The highest BCUT2D eigenvalue weighted by Crippen LogP contribution is 2.26. The van der Waals surface area contributed by atoms with E-state index in [0.29, 0.717) is 5.75 Å². The number of carbonyl (C=O) groups is 2. The van der Waals surface area contributed by atoms with Crippen molar-refractivity contribution >= 4 is 17.5 Å². The lowest BCUT2D eigenvalue weighted by atomic mass is 10.1. The topological polar surface area (TPSA) is 89.8 Å². The fourth-order valence-electron chi connectivity index (χ4n) is 2.87. The summed E-state index contributed by atoms with van der Waals surface area (Å²) in [6, 6.07) is 9.44. The highest BCUT2D eigenvalue weighted by atomic mass is 16.6. The minimum atomic E-state index is -0.593. The van der Waals surface area contributed by atoms with Crippen molar-refractivity contribution in [3.8, 4) is 5.75 Å². The van der Waals surface area contributed by atoms with Gasteiger partial charge in [-0.15, -0.1) is 0 Å². The highest BCUT2D eigenvalue weighted by molar-refractivity contribution is 6.21. The van der Waals surface area contributed by atoms with Crippen molar-refractivity contribution in [2.45, 2.75) is 13.8 Å². The summed E-state index contributed by atoms with van der Waals surface area (Å²) < 4.78 is 5.63. The van der Waals surface area contributed by atoms with E-state index in [9.17, 15) is 19.7 Å². The first kappa shape index (κ1) is 16.6. The molecule has 0 saturated carbocycles. The Bertz CT molecular complexity index is 871. The van der Waals surface area contributed by atoms with Crippen LogP contribution < -0.4 is 4.74 Å². The van der Waals surface area contributed by atoms with E-state index in [1.54, 1.807) is 0 Å². The number of non-ortho nitro benzene ring substituents is 1. The molecule has 3 rings (SSSR count). The van der Waals surface area contributed by atoms with Crippen molar-refractivity contribution in [2.24, 2.45) is 0 Å². The summed E-state index contributed by atoms with van der Waals surface area (Å²) in [5.41, 5.74) is 2.15. The maximum atomic E-state index is 12.4. The van der Waals surface area contributed by atoms with Gasteiger partial charge < -0.3 is 4.74 Å². The fourth-order valence-corrected chi connectivity index (χ4v) is 2.87. The van der Waals surface area contributed by atoms with Crippen LogP contribution in [-0.2, 0) is 0 Å². The molecular weight excluding hydrogens is 324 g/mol. The molecule has 128 valence electrons. The van der Waals surface area contributed by atoms with Crippen LogP contribution in [0.15, 0.2) is 36.4 Å². The molecule has 0 atom stereocenters. The number of hydrogen-bond donors (Lipinski definition) is 0. The van der Waals surface area contributed by atoms with Gasteiger partial charge >= 0.3 is 0 Å². The molecule has 1 aliphatic rings. The van der Waals surface area contributed by atoms with Crippen LogP contribution in [0.1, 0.15) is 31.8 Å². The van der Waals surface area contributed by atoms with Crippen LogP contribution in [0.3, 0.4) is 0 Å². The Balaban J connectivity index is 1.70. The number of nitro groups is 1. The molecule has 1 heterocycles. The minimum Gasteiger partial charge on any atom is -0.492 e. The second-order valence-corrected chi connectivity index (χ2v) is 5.92. The molecule has 1 aliphatic heterocycles. The second-order valence-electron chi connectivity index (χ2n) is 5.92. The van der Waals surface area contributed by atoms with Gasteiger partial charge in [0.05, 0.1) is 22.6 Å². The number of nitrogens with zero attached hydrogens (tertiary/aromatic N) is 2. The Kier molecular flexibility index (Phi) is 4.22. The highest BCUT2D eigenvalue weighted by Gasteiger charge is 2.36. The van der Waals surface area contributed by atoms with Crippen LogP contribution in [0.2, 0.25) is 0 Å². The number of carbonyl (C=O) groups excluding carboxylic acids is 2. The van der Waals surface area contributed by atoms with Crippen LogP contribution in [0.4, 0.5) is 5.69 Å². The number of amides is 2. The third-order valence-corrected chi connectivity index (χ3v) is 3.94. The molecular formula is C18H16N2O5. The van der Waals surface area contributed by atoms with Crippen molar-refractivity contribution in [1.29, 1.82) is 0 Å². The zero-order valence-corrected chi connectivity index (χ0v) is 13.8. The zero-order chi connectivity index (χ0) is 18.1. The molecule has 0 bridgehead atoms. The third-order valence-electron chi connectivity index (χ3n) is 3.94. The van der Waals surface area contributed by atoms with Crippen molar-refractivity contribution in [2.75, 3.05) is 13.2 Å². The summed E-state index contributed by atoms with van der Waals surface area (Å²) >= 11 is 0. The van der Waals surface area contributed by atoms with E-state index >= 15 is 0 Å². The van der Waals surface area contributed by atoms with Gasteiger partial charge in [0.25, 0.3) is 17.5 Å². The fraction of sp³-hybridized carbons (Fsp3) is 0.222. The average molecular weight is 340 g/mol. The third kappa shape index (κ3) is 3.21.